The molecule has 0 saturated heterocycles. The molecular formula is C11H14O2. The van der Waals surface area contributed by atoms with Crippen LogP contribution in [0.15, 0.2) is 18.2 Å². The number of hydrogen-bond donors (Lipinski definition) is 1. The number of hydrogen-bond acceptors (Lipinski definition) is 2. The average Bonchev–Trinajstić information content (AvgIpc) is 2.17. The number of carbonyl (C=O) groups is 1. The lowest BCUT2D eigenvalue weighted by molar-refractivity contribution is -0.108. The topological polar surface area (TPSA) is 37.3 Å². The summed E-state index contributed by atoms with van der Waals surface area (Å²) in [4.78, 5) is 10.5. The molecule has 0 bridgehead atoms. The first-order valence-corrected chi connectivity index (χ1v) is 4.46. The Morgan fingerprint density at radius 1 is 1.54 bits per heavy atom. The number of rotatable bonds is 3. The van der Waals surface area contributed by atoms with Crippen molar-refractivity contribution in [1.29, 1.82) is 0 Å². The van der Waals surface area contributed by atoms with Crippen molar-refractivity contribution in [1.82, 2.24) is 0 Å². The third-order valence-electron chi connectivity index (χ3n) is 2.21. The summed E-state index contributed by atoms with van der Waals surface area (Å²) < 4.78 is 0. The van der Waals surface area contributed by atoms with Crippen LogP contribution in [0, 0.1) is 0 Å². The Bertz CT molecular complexity index is 305. The summed E-state index contributed by atoms with van der Waals surface area (Å²) in [6.07, 6.45) is 1.69. The molecular weight excluding hydrogens is 164 g/mol. The van der Waals surface area contributed by atoms with E-state index in [9.17, 15) is 9.90 Å². The molecule has 1 rings (SSSR count). The lowest BCUT2D eigenvalue weighted by Gasteiger charge is -2.07. The smallest absolute Gasteiger partial charge is 0.127 e. The molecule has 1 N–H and O–H groups in total. The highest BCUT2D eigenvalue weighted by Crippen LogP contribution is 2.22. The number of phenols is 1. The van der Waals surface area contributed by atoms with Gasteiger partial charge in [-0.1, -0.05) is 26.0 Å². The largest absolute Gasteiger partial charge is 0.508 e. The Labute approximate surface area is 78.2 Å². The molecule has 2 nitrogen and oxygen atoms in total. The highest BCUT2D eigenvalue weighted by atomic mass is 16.3. The Morgan fingerprint density at radius 2 is 2.23 bits per heavy atom. The second kappa shape index (κ2) is 4.08. The molecule has 1 aromatic rings. The molecule has 0 amide bonds. The van der Waals surface area contributed by atoms with Crippen molar-refractivity contribution in [3.8, 4) is 5.75 Å². The Balaban J connectivity index is 3.05. The highest BCUT2D eigenvalue weighted by Gasteiger charge is 2.06. The molecule has 13 heavy (non-hydrogen) atoms. The minimum atomic E-state index is -0.0918. The van der Waals surface area contributed by atoms with Crippen molar-refractivity contribution in [3.05, 3.63) is 29.3 Å². The zero-order chi connectivity index (χ0) is 9.84. The molecule has 2 heteroatoms. The van der Waals surface area contributed by atoms with E-state index in [-0.39, 0.29) is 5.92 Å². The number of aromatic hydroxyl groups is 1. The van der Waals surface area contributed by atoms with Gasteiger partial charge in [-0.25, -0.2) is 0 Å². The molecule has 0 fully saturated rings. The van der Waals surface area contributed by atoms with Crippen LogP contribution >= 0.6 is 0 Å². The van der Waals surface area contributed by atoms with Gasteiger partial charge in [0, 0.05) is 5.92 Å². The molecule has 1 unspecified atom stereocenters. The zero-order valence-corrected chi connectivity index (χ0v) is 7.95. The molecule has 0 saturated carbocycles. The molecule has 0 aliphatic rings. The predicted octanol–water partition coefficient (Wildman–Crippen LogP) is 2.26. The lowest BCUT2D eigenvalue weighted by atomic mass is 9.99. The van der Waals surface area contributed by atoms with Gasteiger partial charge >= 0.3 is 0 Å². The molecule has 0 spiro atoms. The van der Waals surface area contributed by atoms with Crippen LogP contribution in [0.3, 0.4) is 0 Å². The van der Waals surface area contributed by atoms with Crippen molar-refractivity contribution >= 4 is 6.29 Å². The van der Waals surface area contributed by atoms with E-state index in [4.69, 9.17) is 0 Å². The third-order valence-corrected chi connectivity index (χ3v) is 2.21. The molecule has 0 aliphatic carbocycles. The average molecular weight is 178 g/mol. The molecule has 1 atom stereocenters. The van der Waals surface area contributed by atoms with Gasteiger partial charge in [0.1, 0.15) is 12.0 Å². The van der Waals surface area contributed by atoms with Crippen molar-refractivity contribution < 1.29 is 9.90 Å². The van der Waals surface area contributed by atoms with Gasteiger partial charge < -0.3 is 9.90 Å². The minimum Gasteiger partial charge on any atom is -0.508 e. The summed E-state index contributed by atoms with van der Waals surface area (Å²) in [6, 6.07) is 5.32. The van der Waals surface area contributed by atoms with Gasteiger partial charge in [0.15, 0.2) is 0 Å². The van der Waals surface area contributed by atoms with Gasteiger partial charge in [0.25, 0.3) is 0 Å². The summed E-state index contributed by atoms with van der Waals surface area (Å²) in [5.74, 6) is 0.218. The fourth-order valence-electron chi connectivity index (χ4n) is 1.25. The van der Waals surface area contributed by atoms with Gasteiger partial charge in [-0.3, -0.25) is 0 Å². The fraction of sp³-hybridized carbons (Fsp3) is 0.364. The van der Waals surface area contributed by atoms with Crippen molar-refractivity contribution in [2.45, 2.75) is 26.2 Å². The maximum absolute atomic E-state index is 10.5. The van der Waals surface area contributed by atoms with E-state index >= 15 is 0 Å². The van der Waals surface area contributed by atoms with Crippen LogP contribution in [0.25, 0.3) is 0 Å². The van der Waals surface area contributed by atoms with Crippen LogP contribution in [0.2, 0.25) is 0 Å². The number of aryl methyl sites for hydroxylation is 1. The standard InChI is InChI=1S/C11H14O2/c1-3-9-6-10(8(2)7-12)4-5-11(9)13/h4-8,13H,3H2,1-2H3. The minimum absolute atomic E-state index is 0.0918. The molecule has 1 aromatic carbocycles. The monoisotopic (exact) mass is 178 g/mol. The maximum Gasteiger partial charge on any atom is 0.127 e. The number of carbonyl (C=O) groups excluding carboxylic acids is 1. The Hall–Kier alpha value is -1.31. The summed E-state index contributed by atoms with van der Waals surface area (Å²) in [5.41, 5.74) is 1.86. The number of phenolic OH excluding ortho intramolecular Hbond substituents is 1. The lowest BCUT2D eigenvalue weighted by Crippen LogP contribution is -1.95. The van der Waals surface area contributed by atoms with E-state index in [1.54, 1.807) is 12.1 Å². The first-order valence-electron chi connectivity index (χ1n) is 4.46. The second-order valence-corrected chi connectivity index (χ2v) is 3.17. The Morgan fingerprint density at radius 3 is 2.77 bits per heavy atom. The van der Waals surface area contributed by atoms with E-state index in [0.717, 1.165) is 23.8 Å². The van der Waals surface area contributed by atoms with Crippen molar-refractivity contribution in [2.24, 2.45) is 0 Å². The normalized spacial score (nSPS) is 12.5. The fourth-order valence-corrected chi connectivity index (χ4v) is 1.25. The third kappa shape index (κ3) is 2.08. The highest BCUT2D eigenvalue weighted by molar-refractivity contribution is 5.62. The summed E-state index contributed by atoms with van der Waals surface area (Å²) in [7, 11) is 0. The molecule has 70 valence electrons. The van der Waals surface area contributed by atoms with Gasteiger partial charge in [0.05, 0.1) is 0 Å². The van der Waals surface area contributed by atoms with Crippen LogP contribution < -0.4 is 0 Å². The van der Waals surface area contributed by atoms with Crippen molar-refractivity contribution in [2.75, 3.05) is 0 Å². The van der Waals surface area contributed by atoms with E-state index in [2.05, 4.69) is 0 Å². The van der Waals surface area contributed by atoms with Crippen molar-refractivity contribution in [3.63, 3.8) is 0 Å². The second-order valence-electron chi connectivity index (χ2n) is 3.17. The summed E-state index contributed by atoms with van der Waals surface area (Å²) in [5, 5.41) is 9.40. The van der Waals surface area contributed by atoms with Gasteiger partial charge in [-0.2, -0.15) is 0 Å². The van der Waals surface area contributed by atoms with Crippen LogP contribution in [0.4, 0.5) is 0 Å². The number of benzene rings is 1. The molecule has 0 aliphatic heterocycles. The van der Waals surface area contributed by atoms with E-state index < -0.39 is 0 Å². The zero-order valence-electron chi connectivity index (χ0n) is 7.95. The summed E-state index contributed by atoms with van der Waals surface area (Å²) >= 11 is 0. The quantitative estimate of drug-likeness (QED) is 0.721. The van der Waals surface area contributed by atoms with Gasteiger partial charge in [-0.15, -0.1) is 0 Å². The Kier molecular flexibility index (Phi) is 3.07. The van der Waals surface area contributed by atoms with Crippen LogP contribution in [0.5, 0.6) is 5.75 Å². The molecule has 0 radical (unpaired) electrons. The van der Waals surface area contributed by atoms with E-state index in [0.29, 0.717) is 5.75 Å². The molecule has 0 aromatic heterocycles. The predicted molar refractivity (Wildman–Crippen MR) is 52.0 cm³/mol. The maximum atomic E-state index is 10.5. The molecule has 0 heterocycles. The first-order chi connectivity index (χ1) is 6.19. The van der Waals surface area contributed by atoms with E-state index in [1.165, 1.54) is 0 Å². The summed E-state index contributed by atoms with van der Waals surface area (Å²) in [6.45, 7) is 3.82. The van der Waals surface area contributed by atoms with Gasteiger partial charge in [-0.05, 0) is 23.6 Å². The van der Waals surface area contributed by atoms with Crippen LogP contribution in [-0.4, -0.2) is 11.4 Å². The number of aldehydes is 1. The van der Waals surface area contributed by atoms with Crippen LogP contribution in [0.1, 0.15) is 30.9 Å². The SMILES string of the molecule is CCc1cc(C(C)C=O)ccc1O. The van der Waals surface area contributed by atoms with Gasteiger partial charge in [0.2, 0.25) is 0 Å². The first kappa shape index (κ1) is 9.78. The van der Waals surface area contributed by atoms with Crippen LogP contribution in [-0.2, 0) is 11.2 Å². The van der Waals surface area contributed by atoms with E-state index in [1.807, 2.05) is 19.9 Å².